The van der Waals surface area contributed by atoms with Crippen LogP contribution in [-0.4, -0.2) is 38.4 Å². The molecule has 0 amide bonds. The lowest BCUT2D eigenvalue weighted by molar-refractivity contribution is -0.173. The summed E-state index contributed by atoms with van der Waals surface area (Å²) in [6, 6.07) is 4.80. The number of ether oxygens (including phenoxy) is 1. The summed E-state index contributed by atoms with van der Waals surface area (Å²) in [5.41, 5.74) is 1.43. The molecule has 0 aliphatic rings. The van der Waals surface area contributed by atoms with E-state index in [9.17, 15) is 17.6 Å². The number of nitrogens with zero attached hydrogens (tertiary/aromatic N) is 1. The molecule has 0 spiro atoms. The highest BCUT2D eigenvalue weighted by molar-refractivity contribution is 14.0. The SMILES string of the molecule is CCNC(=NCc1ccc(F)c(C)c1)NCCCOCC(F)(F)F.I. The first-order chi connectivity index (χ1) is 11.3. The number of hydrogen-bond acceptors (Lipinski definition) is 2. The first-order valence-corrected chi connectivity index (χ1v) is 7.73. The van der Waals surface area contributed by atoms with Crippen molar-refractivity contribution >= 4 is 29.9 Å². The van der Waals surface area contributed by atoms with Crippen molar-refractivity contribution in [3.8, 4) is 0 Å². The fraction of sp³-hybridized carbons (Fsp3) is 0.562. The van der Waals surface area contributed by atoms with Crippen molar-refractivity contribution in [1.29, 1.82) is 0 Å². The number of guanidine groups is 1. The third-order valence-corrected chi connectivity index (χ3v) is 3.01. The molecule has 0 bridgehead atoms. The normalized spacial score (nSPS) is 11.8. The summed E-state index contributed by atoms with van der Waals surface area (Å²) in [6.07, 6.45) is -3.87. The van der Waals surface area contributed by atoms with Crippen LogP contribution in [0.2, 0.25) is 0 Å². The van der Waals surface area contributed by atoms with Gasteiger partial charge in [0.05, 0.1) is 6.54 Å². The molecule has 144 valence electrons. The van der Waals surface area contributed by atoms with Crippen molar-refractivity contribution in [3.63, 3.8) is 0 Å². The number of nitrogens with one attached hydrogen (secondary N) is 2. The van der Waals surface area contributed by atoms with Crippen LogP contribution in [0.25, 0.3) is 0 Å². The molecule has 0 aromatic heterocycles. The molecule has 1 rings (SSSR count). The molecular weight excluding hydrogens is 453 g/mol. The number of benzene rings is 1. The molecule has 1 aromatic rings. The zero-order valence-corrected chi connectivity index (χ0v) is 16.6. The average molecular weight is 477 g/mol. The van der Waals surface area contributed by atoms with Crippen molar-refractivity contribution in [2.45, 2.75) is 33.0 Å². The Hall–Kier alpha value is -1.10. The van der Waals surface area contributed by atoms with Gasteiger partial charge in [0.2, 0.25) is 0 Å². The average Bonchev–Trinajstić information content (AvgIpc) is 2.50. The maximum Gasteiger partial charge on any atom is 0.411 e. The van der Waals surface area contributed by atoms with Gasteiger partial charge in [0, 0.05) is 19.7 Å². The van der Waals surface area contributed by atoms with Crippen LogP contribution in [0, 0.1) is 12.7 Å². The third-order valence-electron chi connectivity index (χ3n) is 3.01. The van der Waals surface area contributed by atoms with E-state index in [1.165, 1.54) is 6.07 Å². The molecule has 0 aliphatic carbocycles. The van der Waals surface area contributed by atoms with Gasteiger partial charge in [0.25, 0.3) is 0 Å². The van der Waals surface area contributed by atoms with Crippen LogP contribution in [0.3, 0.4) is 0 Å². The highest BCUT2D eigenvalue weighted by Gasteiger charge is 2.27. The molecule has 0 radical (unpaired) electrons. The Morgan fingerprint density at radius 2 is 1.96 bits per heavy atom. The Morgan fingerprint density at radius 1 is 1.24 bits per heavy atom. The molecule has 25 heavy (non-hydrogen) atoms. The van der Waals surface area contributed by atoms with E-state index < -0.39 is 12.8 Å². The summed E-state index contributed by atoms with van der Waals surface area (Å²) >= 11 is 0. The predicted octanol–water partition coefficient (Wildman–Crippen LogP) is 3.78. The summed E-state index contributed by atoms with van der Waals surface area (Å²) in [6.45, 7) is 3.85. The fourth-order valence-corrected chi connectivity index (χ4v) is 1.89. The van der Waals surface area contributed by atoms with Crippen molar-refractivity contribution < 1.29 is 22.3 Å². The number of rotatable bonds is 8. The maximum atomic E-state index is 13.2. The van der Waals surface area contributed by atoms with Crippen molar-refractivity contribution in [2.75, 3.05) is 26.3 Å². The van der Waals surface area contributed by atoms with Gasteiger partial charge in [-0.1, -0.05) is 12.1 Å². The number of alkyl halides is 3. The topological polar surface area (TPSA) is 45.7 Å². The molecule has 0 heterocycles. The van der Waals surface area contributed by atoms with E-state index in [-0.39, 0.29) is 36.4 Å². The monoisotopic (exact) mass is 477 g/mol. The van der Waals surface area contributed by atoms with Gasteiger partial charge >= 0.3 is 6.18 Å². The smallest absolute Gasteiger partial charge is 0.372 e. The molecule has 4 nitrogen and oxygen atoms in total. The quantitative estimate of drug-likeness (QED) is 0.197. The lowest BCUT2D eigenvalue weighted by Gasteiger charge is -2.12. The van der Waals surface area contributed by atoms with Crippen LogP contribution >= 0.6 is 24.0 Å². The van der Waals surface area contributed by atoms with E-state index in [0.29, 0.717) is 37.6 Å². The minimum absolute atomic E-state index is 0. The standard InChI is InChI=1S/C16H23F4N3O.HI/c1-3-21-15(22-7-4-8-24-11-16(18,19)20)23-10-13-5-6-14(17)12(2)9-13;/h5-6,9H,3-4,7-8,10-11H2,1-2H3,(H2,21,22,23);1H. The van der Waals surface area contributed by atoms with Gasteiger partial charge in [0.15, 0.2) is 5.96 Å². The minimum Gasteiger partial charge on any atom is -0.372 e. The Kier molecular flexibility index (Phi) is 11.7. The number of aryl methyl sites for hydroxylation is 1. The maximum absolute atomic E-state index is 13.2. The second kappa shape index (κ2) is 12.3. The molecule has 9 heteroatoms. The lowest BCUT2D eigenvalue weighted by atomic mass is 10.1. The van der Waals surface area contributed by atoms with Gasteiger partial charge in [-0.2, -0.15) is 13.2 Å². The van der Waals surface area contributed by atoms with Gasteiger partial charge in [-0.05, 0) is 37.5 Å². The number of hydrogen-bond donors (Lipinski definition) is 2. The lowest BCUT2D eigenvalue weighted by Crippen LogP contribution is -2.38. The Morgan fingerprint density at radius 3 is 2.56 bits per heavy atom. The molecular formula is C16H24F4IN3O. The zero-order valence-electron chi connectivity index (χ0n) is 14.3. The van der Waals surface area contributed by atoms with E-state index in [2.05, 4.69) is 20.4 Å². The molecule has 1 aromatic carbocycles. The Balaban J connectivity index is 0.00000576. The molecule has 0 aliphatic heterocycles. The minimum atomic E-state index is -4.29. The highest BCUT2D eigenvalue weighted by atomic mass is 127. The van der Waals surface area contributed by atoms with E-state index in [1.54, 1.807) is 19.1 Å². The van der Waals surface area contributed by atoms with Crippen molar-refractivity contribution in [2.24, 2.45) is 4.99 Å². The van der Waals surface area contributed by atoms with E-state index in [0.717, 1.165) is 5.56 Å². The van der Waals surface area contributed by atoms with E-state index in [1.807, 2.05) is 6.92 Å². The van der Waals surface area contributed by atoms with Crippen LogP contribution in [0.5, 0.6) is 0 Å². The van der Waals surface area contributed by atoms with Gasteiger partial charge in [-0.3, -0.25) is 0 Å². The van der Waals surface area contributed by atoms with Crippen molar-refractivity contribution in [1.82, 2.24) is 10.6 Å². The molecule has 0 saturated heterocycles. The van der Waals surface area contributed by atoms with Crippen LogP contribution < -0.4 is 10.6 Å². The summed E-state index contributed by atoms with van der Waals surface area (Å²) in [4.78, 5) is 4.36. The van der Waals surface area contributed by atoms with Crippen LogP contribution in [0.4, 0.5) is 17.6 Å². The summed E-state index contributed by atoms with van der Waals surface area (Å²) in [5.74, 6) is 0.293. The molecule has 0 atom stereocenters. The summed E-state index contributed by atoms with van der Waals surface area (Å²) in [5, 5.41) is 6.06. The molecule has 0 saturated carbocycles. The van der Waals surface area contributed by atoms with Gasteiger partial charge in [0.1, 0.15) is 12.4 Å². The second-order valence-corrected chi connectivity index (χ2v) is 5.23. The first-order valence-electron chi connectivity index (χ1n) is 7.73. The fourth-order valence-electron chi connectivity index (χ4n) is 1.89. The molecule has 2 N–H and O–H groups in total. The second-order valence-electron chi connectivity index (χ2n) is 5.23. The first kappa shape index (κ1) is 23.9. The van der Waals surface area contributed by atoms with Crippen LogP contribution in [0.15, 0.2) is 23.2 Å². The van der Waals surface area contributed by atoms with Gasteiger partial charge < -0.3 is 15.4 Å². The largest absolute Gasteiger partial charge is 0.411 e. The van der Waals surface area contributed by atoms with Crippen LogP contribution in [0.1, 0.15) is 24.5 Å². The zero-order chi connectivity index (χ0) is 18.0. The highest BCUT2D eigenvalue weighted by Crippen LogP contribution is 2.14. The predicted molar refractivity (Wildman–Crippen MR) is 101 cm³/mol. The molecule has 0 unspecified atom stereocenters. The Bertz CT molecular complexity index is 539. The number of aliphatic imine (C=N–C) groups is 1. The molecule has 0 fully saturated rings. The Labute approximate surface area is 162 Å². The van der Waals surface area contributed by atoms with Gasteiger partial charge in [-0.25, -0.2) is 9.38 Å². The van der Waals surface area contributed by atoms with Crippen molar-refractivity contribution in [3.05, 3.63) is 35.1 Å². The van der Waals surface area contributed by atoms with E-state index >= 15 is 0 Å². The van der Waals surface area contributed by atoms with E-state index in [4.69, 9.17) is 0 Å². The van der Waals surface area contributed by atoms with Crippen LogP contribution in [-0.2, 0) is 11.3 Å². The number of halogens is 5. The summed E-state index contributed by atoms with van der Waals surface area (Å²) in [7, 11) is 0. The van der Waals surface area contributed by atoms with Gasteiger partial charge in [-0.15, -0.1) is 24.0 Å². The summed E-state index contributed by atoms with van der Waals surface area (Å²) < 4.78 is 53.5. The third kappa shape index (κ3) is 11.2.